The number of rotatable bonds is 6. The molecule has 0 saturated heterocycles. The van der Waals surface area contributed by atoms with Gasteiger partial charge < -0.3 is 4.90 Å². The van der Waals surface area contributed by atoms with Gasteiger partial charge in [0, 0.05) is 13.0 Å². The van der Waals surface area contributed by atoms with Gasteiger partial charge in [-0.05, 0) is 43.2 Å². The molecule has 0 atom stereocenters. The van der Waals surface area contributed by atoms with Crippen LogP contribution < -0.4 is 9.80 Å². The van der Waals surface area contributed by atoms with Crippen molar-refractivity contribution in [3.8, 4) is 0 Å². The largest absolute Gasteiger partial charge is 0.340 e. The third-order valence-corrected chi connectivity index (χ3v) is 6.58. The van der Waals surface area contributed by atoms with E-state index in [0.717, 1.165) is 28.3 Å². The van der Waals surface area contributed by atoms with Gasteiger partial charge in [-0.2, -0.15) is 0 Å². The summed E-state index contributed by atoms with van der Waals surface area (Å²) in [6.07, 6.45) is 0.918. The minimum absolute atomic E-state index is 0.0240. The maximum absolute atomic E-state index is 13.1. The van der Waals surface area contributed by atoms with Gasteiger partial charge in [-0.15, -0.1) is 11.3 Å². The summed E-state index contributed by atoms with van der Waals surface area (Å²) in [6, 6.07) is 7.80. The van der Waals surface area contributed by atoms with E-state index in [0.29, 0.717) is 15.8 Å². The number of hydrogen-bond acceptors (Lipinski definition) is 4. The zero-order valence-electron chi connectivity index (χ0n) is 15.4. The molecule has 1 amide bonds. The number of aryl methyl sites for hydroxylation is 2. The van der Waals surface area contributed by atoms with Crippen LogP contribution in [0.5, 0.6) is 0 Å². The van der Waals surface area contributed by atoms with E-state index in [9.17, 15) is 4.79 Å². The van der Waals surface area contributed by atoms with E-state index in [2.05, 4.69) is 40.1 Å². The average molecular weight is 409 g/mol. The molecule has 138 valence electrons. The molecule has 0 saturated carbocycles. The van der Waals surface area contributed by atoms with Crippen LogP contribution in [0.25, 0.3) is 10.2 Å². The number of nitrogens with zero attached hydrogens (tertiary/aromatic N) is 2. The van der Waals surface area contributed by atoms with Gasteiger partial charge in [0.25, 0.3) is 5.91 Å². The van der Waals surface area contributed by atoms with Gasteiger partial charge in [0.15, 0.2) is 5.13 Å². The van der Waals surface area contributed by atoms with Crippen LogP contribution in [0.4, 0.5) is 5.13 Å². The quantitative estimate of drug-likeness (QED) is 0.673. The highest BCUT2D eigenvalue weighted by Gasteiger charge is 2.23. The Kier molecular flexibility index (Phi) is 5.97. The molecule has 0 fully saturated rings. The Hall–Kier alpha value is -1.47. The Morgan fingerprint density at radius 3 is 2.65 bits per heavy atom. The summed E-state index contributed by atoms with van der Waals surface area (Å²) in [5.74, 6) is -0.0240. The lowest BCUT2D eigenvalue weighted by Crippen LogP contribution is -3.05. The second kappa shape index (κ2) is 8.05. The number of quaternary nitrogens is 1. The van der Waals surface area contributed by atoms with Crippen LogP contribution in [0.1, 0.15) is 27.2 Å². The van der Waals surface area contributed by atoms with Gasteiger partial charge in [-0.25, -0.2) is 4.98 Å². The van der Waals surface area contributed by atoms with Gasteiger partial charge in [0.1, 0.15) is 0 Å². The highest BCUT2D eigenvalue weighted by Crippen LogP contribution is 2.33. The highest BCUT2D eigenvalue weighted by molar-refractivity contribution is 7.22. The summed E-state index contributed by atoms with van der Waals surface area (Å²) in [5, 5.41) is 0.761. The number of aromatic nitrogens is 1. The lowest BCUT2D eigenvalue weighted by atomic mass is 10.1. The third-order valence-electron chi connectivity index (χ3n) is 4.13. The fourth-order valence-corrected chi connectivity index (χ4v) is 4.95. The van der Waals surface area contributed by atoms with Crippen LogP contribution in [-0.2, 0) is 0 Å². The number of fused-ring (bicyclic) bond motifs is 1. The van der Waals surface area contributed by atoms with Gasteiger partial charge in [0.05, 0.1) is 40.1 Å². The molecule has 0 aliphatic carbocycles. The zero-order valence-corrected chi connectivity index (χ0v) is 17.8. The predicted molar refractivity (Wildman–Crippen MR) is 112 cm³/mol. The Labute approximate surface area is 167 Å². The SMILES string of the molecule is Cc1cc(C)c2sc(N(CCC[NH+](C)C)C(=O)c3ccc(Cl)s3)nc2c1. The van der Waals surface area contributed by atoms with Crippen LogP contribution in [0.2, 0.25) is 4.34 Å². The fourth-order valence-electron chi connectivity index (χ4n) is 2.92. The van der Waals surface area contributed by atoms with Crippen LogP contribution in [0.15, 0.2) is 24.3 Å². The van der Waals surface area contributed by atoms with E-state index in [-0.39, 0.29) is 5.91 Å². The van der Waals surface area contributed by atoms with Crippen LogP contribution in [0.3, 0.4) is 0 Å². The molecule has 2 aromatic heterocycles. The van der Waals surface area contributed by atoms with Crippen molar-refractivity contribution in [3.63, 3.8) is 0 Å². The highest BCUT2D eigenvalue weighted by atomic mass is 35.5. The molecule has 1 aromatic carbocycles. The molecule has 1 N–H and O–H groups in total. The monoisotopic (exact) mass is 408 g/mol. The maximum atomic E-state index is 13.1. The summed E-state index contributed by atoms with van der Waals surface area (Å²) in [6.45, 7) is 5.81. The number of thiazole rings is 1. The van der Waals surface area contributed by atoms with Crippen LogP contribution in [-0.4, -0.2) is 38.1 Å². The Balaban J connectivity index is 1.96. The molecular weight excluding hydrogens is 386 g/mol. The van der Waals surface area contributed by atoms with Gasteiger partial charge in [-0.3, -0.25) is 9.69 Å². The Bertz CT molecular complexity index is 932. The molecule has 0 aliphatic heterocycles. The standard InChI is InChI=1S/C19H22ClN3OS2/c1-12-10-13(2)17-14(11-12)21-19(26-17)23(9-5-8-22(3)4)18(24)15-6-7-16(20)25-15/h6-7,10-11H,5,8-9H2,1-4H3/p+1. The molecule has 0 unspecified atom stereocenters. The topological polar surface area (TPSA) is 37.6 Å². The third kappa shape index (κ3) is 4.26. The van der Waals surface area contributed by atoms with Crippen molar-refractivity contribution in [2.24, 2.45) is 0 Å². The van der Waals surface area contributed by atoms with E-state index in [1.807, 2.05) is 4.90 Å². The minimum Gasteiger partial charge on any atom is -0.340 e. The number of carbonyl (C=O) groups is 1. The molecule has 3 aromatic rings. The number of benzene rings is 1. The molecular formula is C19H23ClN3OS2+. The van der Waals surface area contributed by atoms with E-state index in [1.165, 1.54) is 27.4 Å². The summed E-state index contributed by atoms with van der Waals surface area (Å²) >= 11 is 8.94. The second-order valence-corrected chi connectivity index (χ2v) is 9.49. The van der Waals surface area contributed by atoms with Crippen molar-refractivity contribution < 1.29 is 9.69 Å². The maximum Gasteiger partial charge on any atom is 0.270 e. The molecule has 4 nitrogen and oxygen atoms in total. The summed E-state index contributed by atoms with van der Waals surface area (Å²) in [7, 11) is 4.24. The lowest BCUT2D eigenvalue weighted by Gasteiger charge is -2.19. The van der Waals surface area contributed by atoms with Crippen molar-refractivity contribution in [3.05, 3.63) is 44.6 Å². The number of carbonyl (C=O) groups excluding carboxylic acids is 1. The van der Waals surface area contributed by atoms with Crippen LogP contribution >= 0.6 is 34.3 Å². The Morgan fingerprint density at radius 2 is 2.00 bits per heavy atom. The number of nitrogens with one attached hydrogen (secondary N) is 1. The first-order chi connectivity index (χ1) is 12.3. The lowest BCUT2D eigenvalue weighted by molar-refractivity contribution is -0.858. The normalized spacial score (nSPS) is 11.5. The number of halogens is 1. The van der Waals surface area contributed by atoms with Gasteiger partial charge in [0.2, 0.25) is 0 Å². The molecule has 7 heteroatoms. The average Bonchev–Trinajstić information content (AvgIpc) is 3.17. The Morgan fingerprint density at radius 1 is 1.23 bits per heavy atom. The van der Waals surface area contributed by atoms with Crippen molar-refractivity contribution in [2.45, 2.75) is 20.3 Å². The first kappa shape index (κ1) is 19.3. The number of anilines is 1. The van der Waals surface area contributed by atoms with E-state index < -0.39 is 0 Å². The van der Waals surface area contributed by atoms with Crippen molar-refractivity contribution in [1.82, 2.24) is 4.98 Å². The molecule has 0 radical (unpaired) electrons. The number of amides is 1. The summed E-state index contributed by atoms with van der Waals surface area (Å²) < 4.78 is 1.77. The van der Waals surface area contributed by atoms with Crippen molar-refractivity contribution >= 4 is 55.5 Å². The molecule has 0 aliphatic rings. The smallest absolute Gasteiger partial charge is 0.270 e. The molecule has 26 heavy (non-hydrogen) atoms. The van der Waals surface area contributed by atoms with E-state index in [4.69, 9.17) is 16.6 Å². The first-order valence-electron chi connectivity index (χ1n) is 8.59. The minimum atomic E-state index is -0.0240. The molecule has 0 spiro atoms. The first-order valence-corrected chi connectivity index (χ1v) is 10.6. The molecule has 0 bridgehead atoms. The van der Waals surface area contributed by atoms with Crippen molar-refractivity contribution in [1.29, 1.82) is 0 Å². The predicted octanol–water partition coefficient (Wildman–Crippen LogP) is 3.81. The van der Waals surface area contributed by atoms with Crippen molar-refractivity contribution in [2.75, 3.05) is 32.1 Å². The summed E-state index contributed by atoms with van der Waals surface area (Å²) in [5.41, 5.74) is 3.35. The van der Waals surface area contributed by atoms with Gasteiger partial charge >= 0.3 is 0 Å². The van der Waals surface area contributed by atoms with E-state index in [1.54, 1.807) is 23.5 Å². The summed E-state index contributed by atoms with van der Waals surface area (Å²) in [4.78, 5) is 21.7. The second-order valence-electron chi connectivity index (χ2n) is 6.80. The van der Waals surface area contributed by atoms with Gasteiger partial charge in [-0.1, -0.05) is 29.0 Å². The van der Waals surface area contributed by atoms with Crippen LogP contribution in [0, 0.1) is 13.8 Å². The molecule has 3 rings (SSSR count). The molecule has 2 heterocycles. The number of hydrogen-bond donors (Lipinski definition) is 1. The zero-order chi connectivity index (χ0) is 18.8. The van der Waals surface area contributed by atoms with E-state index >= 15 is 0 Å². The number of thiophene rings is 1. The fraction of sp³-hybridized carbons (Fsp3) is 0.368.